The van der Waals surface area contributed by atoms with Gasteiger partial charge in [0, 0.05) is 48.1 Å². The van der Waals surface area contributed by atoms with E-state index in [1.54, 1.807) is 0 Å². The molecule has 26 heavy (non-hydrogen) atoms. The van der Waals surface area contributed by atoms with Crippen molar-refractivity contribution in [3.05, 3.63) is 58.1 Å². The Hall–Kier alpha value is -1.94. The van der Waals surface area contributed by atoms with Crippen LogP contribution in [0.5, 0.6) is 0 Å². The Morgan fingerprint density at radius 1 is 1.15 bits per heavy atom. The summed E-state index contributed by atoms with van der Waals surface area (Å²) in [6.45, 7) is 3.78. The van der Waals surface area contributed by atoms with E-state index >= 15 is 0 Å². The molecule has 138 valence electrons. The zero-order chi connectivity index (χ0) is 18.7. The van der Waals surface area contributed by atoms with Gasteiger partial charge >= 0.3 is 0 Å². The number of hydrogen-bond donors (Lipinski definition) is 1. The molecule has 0 unspecified atom stereocenters. The Balaban J connectivity index is 2.05. The number of non-ortho nitro benzene ring substituents is 1. The lowest BCUT2D eigenvalue weighted by molar-refractivity contribution is -0.385. The third-order valence-corrected chi connectivity index (χ3v) is 7.18. The normalized spacial score (nSPS) is 15.7. The number of nitro benzene ring substituents is 1. The monoisotopic (exact) mass is 393 g/mol. The first-order chi connectivity index (χ1) is 12.4. The van der Waals surface area contributed by atoms with Crippen molar-refractivity contribution in [2.45, 2.75) is 21.6 Å². The quantitative estimate of drug-likeness (QED) is 0.620. The van der Waals surface area contributed by atoms with Gasteiger partial charge in [0.15, 0.2) is 0 Å². The van der Waals surface area contributed by atoms with Gasteiger partial charge in [0.05, 0.1) is 4.92 Å². The van der Waals surface area contributed by atoms with Crippen LogP contribution in [-0.2, 0) is 10.0 Å². The summed E-state index contributed by atoms with van der Waals surface area (Å²) in [5, 5.41) is 14.3. The van der Waals surface area contributed by atoms with Crippen LogP contribution in [-0.4, -0.2) is 43.8 Å². The van der Waals surface area contributed by atoms with Crippen LogP contribution in [0.3, 0.4) is 0 Å². The molecule has 0 aliphatic carbocycles. The van der Waals surface area contributed by atoms with E-state index in [9.17, 15) is 18.5 Å². The van der Waals surface area contributed by atoms with Gasteiger partial charge in [0.1, 0.15) is 4.90 Å². The van der Waals surface area contributed by atoms with Crippen molar-refractivity contribution in [1.29, 1.82) is 0 Å². The fraction of sp³-hybridized carbons (Fsp3) is 0.294. The van der Waals surface area contributed by atoms with Crippen LogP contribution in [0, 0.1) is 17.0 Å². The highest BCUT2D eigenvalue weighted by Gasteiger charge is 2.30. The SMILES string of the molecule is Cc1cccc(Sc2ccc([N+](=O)[O-])cc2S(=O)(=O)N2CCNCC2)c1. The molecule has 0 atom stereocenters. The maximum absolute atomic E-state index is 13.1. The first-order valence-electron chi connectivity index (χ1n) is 8.12. The van der Waals surface area contributed by atoms with Crippen molar-refractivity contribution in [3.8, 4) is 0 Å². The van der Waals surface area contributed by atoms with Crippen LogP contribution in [0.25, 0.3) is 0 Å². The summed E-state index contributed by atoms with van der Waals surface area (Å²) in [5.74, 6) is 0. The molecule has 9 heteroatoms. The number of piperazine rings is 1. The molecule has 1 fully saturated rings. The largest absolute Gasteiger partial charge is 0.314 e. The molecule has 0 spiro atoms. The van der Waals surface area contributed by atoms with Gasteiger partial charge in [-0.3, -0.25) is 10.1 Å². The minimum atomic E-state index is -3.81. The molecule has 0 amide bonds. The number of nitrogens with zero attached hydrogens (tertiary/aromatic N) is 2. The van der Waals surface area contributed by atoms with E-state index in [-0.39, 0.29) is 10.6 Å². The van der Waals surface area contributed by atoms with Crippen molar-refractivity contribution < 1.29 is 13.3 Å². The second kappa shape index (κ2) is 7.75. The molecule has 0 saturated carbocycles. The van der Waals surface area contributed by atoms with E-state index in [1.165, 1.54) is 28.2 Å². The first kappa shape index (κ1) is 18.8. The van der Waals surface area contributed by atoms with Crippen LogP contribution >= 0.6 is 11.8 Å². The highest BCUT2D eigenvalue weighted by atomic mass is 32.2. The molecule has 7 nitrogen and oxygen atoms in total. The van der Waals surface area contributed by atoms with Crippen molar-refractivity contribution in [2.24, 2.45) is 0 Å². The fourth-order valence-corrected chi connectivity index (χ4v) is 5.64. The van der Waals surface area contributed by atoms with Crippen LogP contribution in [0.4, 0.5) is 5.69 Å². The number of sulfonamides is 1. The number of aryl methyl sites for hydroxylation is 1. The van der Waals surface area contributed by atoms with Gasteiger partial charge in [-0.15, -0.1) is 0 Å². The Bertz CT molecular complexity index is 925. The van der Waals surface area contributed by atoms with Crippen LogP contribution in [0.1, 0.15) is 5.56 Å². The van der Waals surface area contributed by atoms with E-state index in [1.807, 2.05) is 31.2 Å². The molecule has 2 aromatic rings. The molecule has 1 heterocycles. The van der Waals surface area contributed by atoms with Crippen LogP contribution < -0.4 is 5.32 Å². The lowest BCUT2D eigenvalue weighted by Gasteiger charge is -2.27. The summed E-state index contributed by atoms with van der Waals surface area (Å²) < 4.78 is 27.6. The van der Waals surface area contributed by atoms with Crippen molar-refractivity contribution in [1.82, 2.24) is 9.62 Å². The van der Waals surface area contributed by atoms with Crippen LogP contribution in [0.2, 0.25) is 0 Å². The minimum Gasteiger partial charge on any atom is -0.314 e. The molecular weight excluding hydrogens is 374 g/mol. The van der Waals surface area contributed by atoms with Crippen molar-refractivity contribution in [2.75, 3.05) is 26.2 Å². The third kappa shape index (κ3) is 4.07. The zero-order valence-corrected chi connectivity index (χ0v) is 15.8. The van der Waals surface area contributed by atoms with Gasteiger partial charge < -0.3 is 5.32 Å². The minimum absolute atomic E-state index is 0.0138. The molecule has 3 rings (SSSR count). The number of hydrogen-bond acceptors (Lipinski definition) is 6. The number of nitro groups is 1. The Kier molecular flexibility index (Phi) is 5.61. The summed E-state index contributed by atoms with van der Waals surface area (Å²) >= 11 is 1.30. The van der Waals surface area contributed by atoms with Crippen LogP contribution in [0.15, 0.2) is 57.2 Å². The molecule has 1 aliphatic heterocycles. The molecule has 1 aliphatic rings. The molecule has 2 aromatic carbocycles. The van der Waals surface area contributed by atoms with Gasteiger partial charge in [-0.25, -0.2) is 8.42 Å². The van der Waals surface area contributed by atoms with Gasteiger partial charge in [-0.05, 0) is 25.1 Å². The fourth-order valence-electron chi connectivity index (χ4n) is 2.73. The van der Waals surface area contributed by atoms with E-state index in [2.05, 4.69) is 5.32 Å². The number of nitrogens with one attached hydrogen (secondary N) is 1. The topological polar surface area (TPSA) is 92.5 Å². The lowest BCUT2D eigenvalue weighted by Crippen LogP contribution is -2.46. The predicted molar refractivity (Wildman–Crippen MR) is 100 cm³/mol. The standard InChI is InChI=1S/C17H19N3O4S2/c1-13-3-2-4-15(11-13)25-16-6-5-14(20(21)22)12-17(16)26(23,24)19-9-7-18-8-10-19/h2-6,11-12,18H,7-10H2,1H3. The van der Waals surface area contributed by atoms with Gasteiger partial charge in [-0.2, -0.15) is 4.31 Å². The average molecular weight is 393 g/mol. The summed E-state index contributed by atoms with van der Waals surface area (Å²) in [6, 6.07) is 11.7. The second-order valence-electron chi connectivity index (χ2n) is 5.96. The van der Waals surface area contributed by atoms with Gasteiger partial charge in [0.25, 0.3) is 5.69 Å². The first-order valence-corrected chi connectivity index (χ1v) is 10.4. The number of rotatable bonds is 5. The average Bonchev–Trinajstić information content (AvgIpc) is 2.62. The van der Waals surface area contributed by atoms with E-state index in [4.69, 9.17) is 0 Å². The maximum Gasteiger partial charge on any atom is 0.270 e. The Morgan fingerprint density at radius 2 is 1.88 bits per heavy atom. The predicted octanol–water partition coefficient (Wildman–Crippen LogP) is 2.65. The van der Waals surface area contributed by atoms with Crippen molar-refractivity contribution in [3.63, 3.8) is 0 Å². The van der Waals surface area contributed by atoms with E-state index < -0.39 is 14.9 Å². The molecule has 1 N–H and O–H groups in total. The van der Waals surface area contributed by atoms with E-state index in [0.717, 1.165) is 16.5 Å². The Morgan fingerprint density at radius 3 is 2.54 bits per heavy atom. The summed E-state index contributed by atoms with van der Waals surface area (Å²) in [4.78, 5) is 11.9. The molecular formula is C17H19N3O4S2. The molecule has 0 radical (unpaired) electrons. The zero-order valence-electron chi connectivity index (χ0n) is 14.2. The molecule has 0 bridgehead atoms. The maximum atomic E-state index is 13.1. The highest BCUT2D eigenvalue weighted by Crippen LogP contribution is 2.36. The van der Waals surface area contributed by atoms with E-state index in [0.29, 0.717) is 31.1 Å². The van der Waals surface area contributed by atoms with Crippen molar-refractivity contribution >= 4 is 27.5 Å². The highest BCUT2D eigenvalue weighted by molar-refractivity contribution is 8.00. The van der Waals surface area contributed by atoms with Gasteiger partial charge in [-0.1, -0.05) is 29.5 Å². The second-order valence-corrected chi connectivity index (χ2v) is 8.98. The smallest absolute Gasteiger partial charge is 0.270 e. The summed E-state index contributed by atoms with van der Waals surface area (Å²) in [5.41, 5.74) is 0.829. The Labute approximate surface area is 156 Å². The van der Waals surface area contributed by atoms with Gasteiger partial charge in [0.2, 0.25) is 10.0 Å². The molecule has 1 saturated heterocycles. The summed E-state index contributed by atoms with van der Waals surface area (Å²) in [6.07, 6.45) is 0. The lowest BCUT2D eigenvalue weighted by atomic mass is 10.2. The molecule has 0 aromatic heterocycles. The third-order valence-electron chi connectivity index (χ3n) is 4.05. The number of benzene rings is 2. The summed E-state index contributed by atoms with van der Waals surface area (Å²) in [7, 11) is -3.81.